The zero-order chi connectivity index (χ0) is 13.8. The summed E-state index contributed by atoms with van der Waals surface area (Å²) >= 11 is 0. The van der Waals surface area contributed by atoms with E-state index in [1.165, 1.54) is 0 Å². The van der Waals surface area contributed by atoms with Crippen LogP contribution in [-0.2, 0) is 4.79 Å². The van der Waals surface area contributed by atoms with Gasteiger partial charge in [0.15, 0.2) is 0 Å². The largest absolute Gasteiger partial charge is 0.496 e. The van der Waals surface area contributed by atoms with Gasteiger partial charge in [0.05, 0.1) is 12.8 Å². The third kappa shape index (κ3) is 2.70. The maximum atomic E-state index is 11.0. The van der Waals surface area contributed by atoms with Crippen molar-refractivity contribution in [3.8, 4) is 17.0 Å². The van der Waals surface area contributed by atoms with Crippen LogP contribution in [0.5, 0.6) is 5.75 Å². The number of aromatic nitrogens is 2. The highest BCUT2D eigenvalue weighted by Gasteiger charge is 2.17. The van der Waals surface area contributed by atoms with Gasteiger partial charge >= 0.3 is 5.97 Å². The van der Waals surface area contributed by atoms with Crippen LogP contribution in [0.3, 0.4) is 0 Å². The molecule has 5 heteroatoms. The second-order valence-corrected chi connectivity index (χ2v) is 4.06. The maximum Gasteiger partial charge on any atom is 0.313 e. The van der Waals surface area contributed by atoms with Crippen LogP contribution in [-0.4, -0.2) is 28.2 Å². The number of hydrogen-bond acceptors (Lipinski definition) is 4. The number of aliphatic carboxylic acids is 1. The van der Waals surface area contributed by atoms with E-state index in [0.717, 1.165) is 5.56 Å². The molecular formula is C14H14N2O3. The first-order chi connectivity index (χ1) is 9.13. The summed E-state index contributed by atoms with van der Waals surface area (Å²) in [6.45, 7) is 1.56. The number of benzene rings is 1. The van der Waals surface area contributed by atoms with Gasteiger partial charge in [-0.3, -0.25) is 4.79 Å². The van der Waals surface area contributed by atoms with Gasteiger partial charge in [0.1, 0.15) is 17.5 Å². The Bertz CT molecular complexity index is 599. The average Bonchev–Trinajstić information content (AvgIpc) is 2.46. The van der Waals surface area contributed by atoms with E-state index in [1.807, 2.05) is 24.3 Å². The predicted octanol–water partition coefficient (Wildman–Crippen LogP) is 2.34. The Morgan fingerprint density at radius 1 is 1.32 bits per heavy atom. The van der Waals surface area contributed by atoms with Crippen LogP contribution in [0.1, 0.15) is 18.7 Å². The number of nitrogens with zero attached hydrogens (tertiary/aromatic N) is 2. The van der Waals surface area contributed by atoms with E-state index < -0.39 is 11.9 Å². The van der Waals surface area contributed by atoms with Crippen molar-refractivity contribution in [1.82, 2.24) is 9.97 Å². The smallest absolute Gasteiger partial charge is 0.313 e. The highest BCUT2D eigenvalue weighted by atomic mass is 16.5. The first kappa shape index (κ1) is 13.0. The number of carboxylic acid groups (broad SMARTS) is 1. The fourth-order valence-electron chi connectivity index (χ4n) is 1.70. The fraction of sp³-hybridized carbons (Fsp3) is 0.214. The van der Waals surface area contributed by atoms with Crippen LogP contribution in [0.2, 0.25) is 0 Å². The lowest BCUT2D eigenvalue weighted by Gasteiger charge is -2.09. The lowest BCUT2D eigenvalue weighted by Crippen LogP contribution is -2.11. The van der Waals surface area contributed by atoms with Crippen LogP contribution in [0.4, 0.5) is 0 Å². The molecule has 1 N–H and O–H groups in total. The number of rotatable bonds is 4. The first-order valence-electron chi connectivity index (χ1n) is 5.82. The molecule has 0 fully saturated rings. The van der Waals surface area contributed by atoms with Gasteiger partial charge in [-0.1, -0.05) is 12.1 Å². The van der Waals surface area contributed by atoms with E-state index in [0.29, 0.717) is 11.4 Å². The molecular weight excluding hydrogens is 244 g/mol. The molecule has 0 saturated heterocycles. The summed E-state index contributed by atoms with van der Waals surface area (Å²) in [5, 5.41) is 8.99. The van der Waals surface area contributed by atoms with Crippen LogP contribution in [0.25, 0.3) is 11.3 Å². The molecule has 0 radical (unpaired) electrons. The number of carbonyl (C=O) groups is 1. The zero-order valence-electron chi connectivity index (χ0n) is 10.7. The SMILES string of the molecule is COc1ccccc1-c1ccnc(C(C)C(=O)O)n1. The van der Waals surface area contributed by atoms with Crippen molar-refractivity contribution < 1.29 is 14.6 Å². The van der Waals surface area contributed by atoms with Crippen molar-refractivity contribution in [2.45, 2.75) is 12.8 Å². The first-order valence-corrected chi connectivity index (χ1v) is 5.82. The fourth-order valence-corrected chi connectivity index (χ4v) is 1.70. The van der Waals surface area contributed by atoms with Crippen molar-refractivity contribution in [1.29, 1.82) is 0 Å². The van der Waals surface area contributed by atoms with Crippen molar-refractivity contribution in [2.75, 3.05) is 7.11 Å². The molecule has 1 atom stereocenters. The lowest BCUT2D eigenvalue weighted by molar-refractivity contribution is -0.138. The molecule has 0 saturated carbocycles. The summed E-state index contributed by atoms with van der Waals surface area (Å²) in [6, 6.07) is 9.18. The number of hydrogen-bond donors (Lipinski definition) is 1. The molecule has 0 aliphatic carbocycles. The van der Waals surface area contributed by atoms with E-state index >= 15 is 0 Å². The summed E-state index contributed by atoms with van der Waals surface area (Å²) < 4.78 is 5.27. The third-order valence-corrected chi connectivity index (χ3v) is 2.81. The van der Waals surface area contributed by atoms with E-state index in [4.69, 9.17) is 9.84 Å². The average molecular weight is 258 g/mol. The minimum atomic E-state index is -0.947. The van der Waals surface area contributed by atoms with Gasteiger partial charge in [-0.25, -0.2) is 9.97 Å². The molecule has 98 valence electrons. The zero-order valence-corrected chi connectivity index (χ0v) is 10.7. The van der Waals surface area contributed by atoms with Gasteiger partial charge in [-0.05, 0) is 25.1 Å². The molecule has 0 aliphatic heterocycles. The molecule has 2 rings (SSSR count). The number of ether oxygens (including phenoxy) is 1. The Hall–Kier alpha value is -2.43. The minimum absolute atomic E-state index is 0.288. The predicted molar refractivity (Wildman–Crippen MR) is 70.1 cm³/mol. The quantitative estimate of drug-likeness (QED) is 0.911. The van der Waals surface area contributed by atoms with Crippen LogP contribution < -0.4 is 4.74 Å². The molecule has 2 aromatic rings. The molecule has 1 aromatic carbocycles. The molecule has 0 amide bonds. The highest BCUT2D eigenvalue weighted by molar-refractivity contribution is 5.75. The van der Waals surface area contributed by atoms with Crippen molar-refractivity contribution >= 4 is 5.97 Å². The van der Waals surface area contributed by atoms with E-state index in [-0.39, 0.29) is 5.82 Å². The molecule has 0 spiro atoms. The monoisotopic (exact) mass is 258 g/mol. The van der Waals surface area contributed by atoms with Gasteiger partial charge in [-0.2, -0.15) is 0 Å². The molecule has 0 bridgehead atoms. The molecule has 1 heterocycles. The topological polar surface area (TPSA) is 72.3 Å². The second kappa shape index (κ2) is 5.48. The molecule has 1 aromatic heterocycles. The lowest BCUT2D eigenvalue weighted by atomic mass is 10.1. The van der Waals surface area contributed by atoms with Gasteiger partial charge in [0.2, 0.25) is 0 Å². The van der Waals surface area contributed by atoms with E-state index in [1.54, 1.807) is 26.3 Å². The van der Waals surface area contributed by atoms with Crippen molar-refractivity contribution in [2.24, 2.45) is 0 Å². The highest BCUT2D eigenvalue weighted by Crippen LogP contribution is 2.28. The maximum absolute atomic E-state index is 11.0. The summed E-state index contributed by atoms with van der Waals surface area (Å²) in [7, 11) is 1.58. The van der Waals surface area contributed by atoms with Gasteiger partial charge in [0, 0.05) is 11.8 Å². The van der Waals surface area contributed by atoms with Gasteiger partial charge in [0.25, 0.3) is 0 Å². The Kier molecular flexibility index (Phi) is 3.75. The number of para-hydroxylation sites is 1. The standard InChI is InChI=1S/C14H14N2O3/c1-9(14(17)18)13-15-8-7-11(16-13)10-5-3-4-6-12(10)19-2/h3-9H,1-2H3,(H,17,18). The third-order valence-electron chi connectivity index (χ3n) is 2.81. The van der Waals surface area contributed by atoms with Crippen LogP contribution in [0.15, 0.2) is 36.5 Å². The summed E-state index contributed by atoms with van der Waals surface area (Å²) in [5.41, 5.74) is 1.46. The van der Waals surface area contributed by atoms with E-state index in [9.17, 15) is 4.79 Å². The Balaban J connectivity index is 2.46. The second-order valence-electron chi connectivity index (χ2n) is 4.06. The molecule has 19 heavy (non-hydrogen) atoms. The Morgan fingerprint density at radius 3 is 2.74 bits per heavy atom. The van der Waals surface area contributed by atoms with Gasteiger partial charge < -0.3 is 9.84 Å². The van der Waals surface area contributed by atoms with Crippen LogP contribution in [0, 0.1) is 0 Å². The Morgan fingerprint density at radius 2 is 2.05 bits per heavy atom. The van der Waals surface area contributed by atoms with Gasteiger partial charge in [-0.15, -0.1) is 0 Å². The Labute approximate surface area is 110 Å². The normalized spacial score (nSPS) is 11.9. The molecule has 0 aliphatic rings. The number of carboxylic acids is 1. The summed E-state index contributed by atoms with van der Waals surface area (Å²) in [4.78, 5) is 19.3. The summed E-state index contributed by atoms with van der Waals surface area (Å²) in [6.07, 6.45) is 1.56. The summed E-state index contributed by atoms with van der Waals surface area (Å²) in [5.74, 6) is -0.710. The van der Waals surface area contributed by atoms with E-state index in [2.05, 4.69) is 9.97 Å². The van der Waals surface area contributed by atoms with Crippen LogP contribution >= 0.6 is 0 Å². The molecule has 5 nitrogen and oxygen atoms in total. The minimum Gasteiger partial charge on any atom is -0.496 e. The van der Waals surface area contributed by atoms with Crippen molar-refractivity contribution in [3.63, 3.8) is 0 Å². The number of methoxy groups -OCH3 is 1. The van der Waals surface area contributed by atoms with Crippen molar-refractivity contribution in [3.05, 3.63) is 42.4 Å². The molecule has 1 unspecified atom stereocenters.